The van der Waals surface area contributed by atoms with Gasteiger partial charge in [-0.05, 0) is 54.2 Å². The van der Waals surface area contributed by atoms with Gasteiger partial charge in [0.05, 0.1) is 13.8 Å². The van der Waals surface area contributed by atoms with Gasteiger partial charge in [0.15, 0.2) is 0 Å². The molecular weight excluding hydrogens is 430 g/mol. The predicted molar refractivity (Wildman–Crippen MR) is 149 cm³/mol. The molecule has 0 fully saturated rings. The average Bonchev–Trinajstić information content (AvgIpc) is 3.32. The third-order valence-electron chi connectivity index (χ3n) is 7.54. The van der Waals surface area contributed by atoms with E-state index >= 15 is 0 Å². The Balaban J connectivity index is 1.78. The van der Waals surface area contributed by atoms with Crippen molar-refractivity contribution in [2.45, 2.75) is 52.6 Å². The molecule has 0 atom stereocenters. The van der Waals surface area contributed by atoms with E-state index < -0.39 is 21.8 Å². The van der Waals surface area contributed by atoms with Gasteiger partial charge in [-0.2, -0.15) is 0 Å². The minimum absolute atomic E-state index is 0.0243. The van der Waals surface area contributed by atoms with Gasteiger partial charge in [-0.25, -0.2) is 0 Å². The molecular formula is C31H33NOSi. The van der Waals surface area contributed by atoms with Crippen molar-refractivity contribution in [2.75, 3.05) is 0 Å². The zero-order valence-corrected chi connectivity index (χ0v) is 20.9. The van der Waals surface area contributed by atoms with Crippen LogP contribution in [0, 0.1) is 13.7 Å². The number of para-hydroxylation sites is 2. The smallest absolute Gasteiger partial charge is 0.144 e. The standard InChI is InChI=1S/C31H33NOSi/c1-6-34(7-2,8-3)23-16-17-24(21(4)18-23)28-19-29(32-20-22(28)5)27-14-11-13-26-25-12-9-10-15-30(25)33-31(26)27/h9-20H,6-8H2,1-5H3/i4D3,5D3. The number of rotatable bonds is 6. The molecule has 0 spiro atoms. The Morgan fingerprint density at radius 1 is 0.765 bits per heavy atom. The third kappa shape index (κ3) is 3.59. The summed E-state index contributed by atoms with van der Waals surface area (Å²) in [7, 11) is -1.87. The number of benzene rings is 3. The first-order valence-electron chi connectivity index (χ1n) is 15.0. The summed E-state index contributed by atoms with van der Waals surface area (Å²) in [6, 6.07) is 24.0. The molecule has 5 rings (SSSR count). The van der Waals surface area contributed by atoms with E-state index in [1.807, 2.05) is 60.7 Å². The Morgan fingerprint density at radius 2 is 1.53 bits per heavy atom. The summed E-state index contributed by atoms with van der Waals surface area (Å²) < 4.78 is 56.2. The average molecular weight is 470 g/mol. The van der Waals surface area contributed by atoms with Crippen molar-refractivity contribution in [2.24, 2.45) is 0 Å². The number of aromatic nitrogens is 1. The first-order valence-corrected chi connectivity index (χ1v) is 14.6. The molecule has 2 aromatic heterocycles. The summed E-state index contributed by atoms with van der Waals surface area (Å²) in [6.45, 7) is 1.65. The molecule has 2 nitrogen and oxygen atoms in total. The number of nitrogens with zero attached hydrogens (tertiary/aromatic N) is 1. The molecule has 0 aliphatic rings. The lowest BCUT2D eigenvalue weighted by molar-refractivity contribution is 0.670. The lowest BCUT2D eigenvalue weighted by Gasteiger charge is -2.29. The molecule has 0 radical (unpaired) electrons. The molecule has 0 bridgehead atoms. The topological polar surface area (TPSA) is 26.0 Å². The number of fused-ring (bicyclic) bond motifs is 3. The summed E-state index contributed by atoms with van der Waals surface area (Å²) in [4.78, 5) is 4.56. The van der Waals surface area contributed by atoms with Crippen molar-refractivity contribution >= 4 is 35.2 Å². The number of aryl methyl sites for hydroxylation is 2. The predicted octanol–water partition coefficient (Wildman–Crippen LogP) is 8.65. The molecule has 0 saturated heterocycles. The van der Waals surface area contributed by atoms with Gasteiger partial charge < -0.3 is 4.42 Å². The maximum atomic E-state index is 8.43. The highest BCUT2D eigenvalue weighted by molar-refractivity contribution is 6.91. The molecule has 0 aliphatic heterocycles. The highest BCUT2D eigenvalue weighted by Gasteiger charge is 2.29. The number of furan rings is 1. The second-order valence-corrected chi connectivity index (χ2v) is 14.3. The molecule has 5 aromatic rings. The number of hydrogen-bond donors (Lipinski definition) is 0. The van der Waals surface area contributed by atoms with Crippen LogP contribution in [-0.4, -0.2) is 13.1 Å². The summed E-state index contributed by atoms with van der Waals surface area (Å²) >= 11 is 0. The number of pyridine rings is 1. The van der Waals surface area contributed by atoms with Gasteiger partial charge in [-0.15, -0.1) is 0 Å². The van der Waals surface area contributed by atoms with Crippen LogP contribution in [0.25, 0.3) is 44.3 Å². The largest absolute Gasteiger partial charge is 0.455 e. The van der Waals surface area contributed by atoms with Gasteiger partial charge >= 0.3 is 0 Å². The van der Waals surface area contributed by atoms with E-state index in [2.05, 4.69) is 25.8 Å². The molecule has 0 aliphatic carbocycles. The summed E-state index contributed by atoms with van der Waals surface area (Å²) in [5.41, 5.74) is 3.60. The monoisotopic (exact) mass is 469 g/mol. The first-order chi connectivity index (χ1) is 18.9. The minimum atomic E-state index is -2.48. The van der Waals surface area contributed by atoms with E-state index in [0.717, 1.165) is 39.7 Å². The molecule has 3 heteroatoms. The van der Waals surface area contributed by atoms with Crippen LogP contribution in [0.5, 0.6) is 0 Å². The van der Waals surface area contributed by atoms with Gasteiger partial charge in [-0.1, -0.05) is 92.6 Å². The maximum absolute atomic E-state index is 8.43. The zero-order chi connectivity index (χ0) is 28.9. The summed E-state index contributed by atoms with van der Waals surface area (Å²) in [5.74, 6) is 0. The van der Waals surface area contributed by atoms with Gasteiger partial charge in [0.25, 0.3) is 0 Å². The van der Waals surface area contributed by atoms with E-state index in [1.54, 1.807) is 6.07 Å². The Labute approximate surface area is 212 Å². The van der Waals surface area contributed by atoms with Crippen molar-refractivity contribution in [1.29, 1.82) is 0 Å². The van der Waals surface area contributed by atoms with Gasteiger partial charge in [-0.3, -0.25) is 4.98 Å². The fraction of sp³-hybridized carbons (Fsp3) is 0.258. The van der Waals surface area contributed by atoms with Crippen LogP contribution < -0.4 is 5.19 Å². The van der Waals surface area contributed by atoms with E-state index in [4.69, 9.17) is 12.6 Å². The quantitative estimate of drug-likeness (QED) is 0.233. The Hall–Kier alpha value is -3.17. The Morgan fingerprint density at radius 3 is 2.29 bits per heavy atom. The molecule has 0 unspecified atom stereocenters. The van der Waals surface area contributed by atoms with Gasteiger partial charge in [0, 0.05) is 30.8 Å². The number of hydrogen-bond acceptors (Lipinski definition) is 2. The Kier molecular flexibility index (Phi) is 4.30. The van der Waals surface area contributed by atoms with E-state index in [-0.39, 0.29) is 11.1 Å². The van der Waals surface area contributed by atoms with Crippen molar-refractivity contribution in [1.82, 2.24) is 4.98 Å². The van der Waals surface area contributed by atoms with E-state index in [9.17, 15) is 0 Å². The normalized spacial score (nSPS) is 15.4. The van der Waals surface area contributed by atoms with Crippen molar-refractivity contribution in [3.8, 4) is 22.4 Å². The second kappa shape index (κ2) is 8.88. The summed E-state index contributed by atoms with van der Waals surface area (Å²) in [6.07, 6.45) is 1.36. The lowest BCUT2D eigenvalue weighted by atomic mass is 9.96. The van der Waals surface area contributed by atoms with Crippen LogP contribution in [0.1, 0.15) is 40.1 Å². The Bertz CT molecular complexity index is 1690. The van der Waals surface area contributed by atoms with Gasteiger partial charge in [0.2, 0.25) is 0 Å². The van der Waals surface area contributed by atoms with Crippen LogP contribution in [0.4, 0.5) is 0 Å². The third-order valence-corrected chi connectivity index (χ3v) is 13.1. The van der Waals surface area contributed by atoms with Gasteiger partial charge in [0.1, 0.15) is 11.2 Å². The van der Waals surface area contributed by atoms with Crippen LogP contribution >= 0.6 is 0 Å². The molecule has 0 amide bonds. The molecule has 3 aromatic carbocycles. The highest BCUT2D eigenvalue weighted by Crippen LogP contribution is 2.37. The lowest BCUT2D eigenvalue weighted by Crippen LogP contribution is -2.45. The van der Waals surface area contributed by atoms with Crippen LogP contribution in [0.15, 0.2) is 77.3 Å². The van der Waals surface area contributed by atoms with Crippen LogP contribution in [0.3, 0.4) is 0 Å². The SMILES string of the molecule is [2H]C([2H])([2H])c1cnc(-c2cccc3c2oc2ccccc23)cc1-c1ccc([Si](CC)(CC)CC)cc1C([2H])([2H])[2H]. The van der Waals surface area contributed by atoms with Crippen LogP contribution in [-0.2, 0) is 0 Å². The zero-order valence-electron chi connectivity index (χ0n) is 25.9. The van der Waals surface area contributed by atoms with E-state index in [1.165, 1.54) is 6.20 Å². The first kappa shape index (κ1) is 16.5. The van der Waals surface area contributed by atoms with E-state index in [0.29, 0.717) is 28.0 Å². The van der Waals surface area contributed by atoms with Crippen LogP contribution in [0.2, 0.25) is 18.1 Å². The molecule has 34 heavy (non-hydrogen) atoms. The molecule has 2 heterocycles. The molecule has 0 N–H and O–H groups in total. The molecule has 172 valence electrons. The van der Waals surface area contributed by atoms with Crippen molar-refractivity contribution in [3.05, 3.63) is 84.1 Å². The highest BCUT2D eigenvalue weighted by atomic mass is 28.3. The molecule has 0 saturated carbocycles. The van der Waals surface area contributed by atoms with Crippen molar-refractivity contribution in [3.63, 3.8) is 0 Å². The maximum Gasteiger partial charge on any atom is 0.144 e. The fourth-order valence-electron chi connectivity index (χ4n) is 5.25. The van der Waals surface area contributed by atoms with Crippen molar-refractivity contribution < 1.29 is 12.6 Å². The summed E-state index contributed by atoms with van der Waals surface area (Å²) in [5, 5.41) is 3.02. The second-order valence-electron chi connectivity index (χ2n) is 9.00. The minimum Gasteiger partial charge on any atom is -0.455 e. The fourth-order valence-corrected chi connectivity index (χ4v) is 8.86.